The van der Waals surface area contributed by atoms with Gasteiger partial charge in [0.1, 0.15) is 6.17 Å². The second-order valence-corrected chi connectivity index (χ2v) is 7.73. The van der Waals surface area contributed by atoms with E-state index in [1.165, 1.54) is 23.1 Å². The third-order valence-electron chi connectivity index (χ3n) is 2.69. The quantitative estimate of drug-likeness (QED) is 0.682. The fraction of sp³-hybridized carbons (Fsp3) is 0.400. The number of alkyl halides is 2. The molecule has 0 radical (unpaired) electrons. The number of fused-ring (bicyclic) bond motifs is 1. The first-order valence-corrected chi connectivity index (χ1v) is 7.90. The van der Waals surface area contributed by atoms with Crippen LogP contribution in [0.15, 0.2) is 19.9 Å². The Bertz CT molecular complexity index is 543. The van der Waals surface area contributed by atoms with Crippen molar-refractivity contribution in [3.05, 3.63) is 17.6 Å². The molecule has 2 aromatic heterocycles. The predicted octanol–water partition coefficient (Wildman–Crippen LogP) is 2.43. The summed E-state index contributed by atoms with van der Waals surface area (Å²) in [5, 5.41) is 0.284. The van der Waals surface area contributed by atoms with Crippen molar-refractivity contribution in [1.29, 1.82) is 0 Å². The molecule has 0 aromatic carbocycles. The van der Waals surface area contributed by atoms with Crippen LogP contribution in [0.5, 0.6) is 0 Å². The highest BCUT2D eigenvalue weighted by Gasteiger charge is 2.29. The van der Waals surface area contributed by atoms with Crippen LogP contribution in [0.3, 0.4) is 0 Å². The van der Waals surface area contributed by atoms with Crippen LogP contribution < -0.4 is 0 Å². The Hall–Kier alpha value is -0.240. The maximum absolute atomic E-state index is 13.5. The highest BCUT2D eigenvalue weighted by atomic mass is 35.5. The molecule has 18 heavy (non-hydrogen) atoms. The zero-order chi connectivity index (χ0) is 12.7. The van der Waals surface area contributed by atoms with Crippen LogP contribution in [-0.4, -0.2) is 26.5 Å². The van der Waals surface area contributed by atoms with Crippen LogP contribution in [0, 0.1) is 0 Å². The third-order valence-corrected chi connectivity index (χ3v) is 5.33. The lowest BCUT2D eigenvalue weighted by Crippen LogP contribution is -2.27. The number of hydrogen-bond acceptors (Lipinski definition) is 4. The summed E-state index contributed by atoms with van der Waals surface area (Å²) < 4.78 is 15.4. The second-order valence-electron chi connectivity index (χ2n) is 4.00. The first kappa shape index (κ1) is 12.8. The number of nitrogens with zero attached hydrogens (tertiary/aromatic N) is 2. The second kappa shape index (κ2) is 5.03. The molecule has 96 valence electrons. The molecular weight excluding hydrogens is 313 g/mol. The van der Waals surface area contributed by atoms with Gasteiger partial charge in [0.2, 0.25) is 4.21 Å². The first-order chi connectivity index (χ1) is 8.61. The van der Waals surface area contributed by atoms with Crippen molar-refractivity contribution in [1.82, 2.24) is 15.0 Å². The highest BCUT2D eigenvalue weighted by Crippen LogP contribution is 2.32. The molecule has 3 rings (SSSR count). The van der Waals surface area contributed by atoms with Gasteiger partial charge in [-0.15, -0.1) is 11.6 Å². The number of hydrogen-bond donors (Lipinski definition) is 1. The van der Waals surface area contributed by atoms with Gasteiger partial charge >= 0.3 is 0 Å². The van der Waals surface area contributed by atoms with Crippen LogP contribution in [0.4, 0.5) is 4.39 Å². The molecule has 3 nitrogen and oxygen atoms in total. The van der Waals surface area contributed by atoms with E-state index in [1.54, 1.807) is 6.20 Å². The van der Waals surface area contributed by atoms with Crippen molar-refractivity contribution in [2.45, 2.75) is 38.1 Å². The van der Waals surface area contributed by atoms with Crippen LogP contribution in [-0.2, 0) is 25.5 Å². The van der Waals surface area contributed by atoms with E-state index in [0.717, 1.165) is 25.1 Å². The number of halogens is 2. The summed E-state index contributed by atoms with van der Waals surface area (Å²) in [6, 6.07) is 0. The van der Waals surface area contributed by atoms with E-state index in [0.29, 0.717) is 12.8 Å². The molecule has 0 aliphatic heterocycles. The first-order valence-electron chi connectivity index (χ1n) is 5.33. The minimum Gasteiger partial charge on any atom is -0.336 e. The Morgan fingerprint density at radius 1 is 1.56 bits per heavy atom. The van der Waals surface area contributed by atoms with Gasteiger partial charge in [0.25, 0.3) is 0 Å². The van der Waals surface area contributed by atoms with Crippen LogP contribution in [0.25, 0.3) is 0 Å². The number of aromatic nitrogens is 3. The van der Waals surface area contributed by atoms with Gasteiger partial charge in [-0.25, -0.2) is 14.4 Å². The Morgan fingerprint density at radius 3 is 3.11 bits per heavy atom. The summed E-state index contributed by atoms with van der Waals surface area (Å²) >= 11 is 12.3. The summed E-state index contributed by atoms with van der Waals surface area (Å²) in [5.41, 5.74) is 1.73. The fourth-order valence-electron chi connectivity index (χ4n) is 1.83. The number of nitrogens with one attached hydrogen (secondary N) is 1. The Kier molecular flexibility index (Phi) is 3.57. The van der Waals surface area contributed by atoms with E-state index in [2.05, 4.69) is 27.6 Å². The van der Waals surface area contributed by atoms with Crippen LogP contribution in [0.1, 0.15) is 11.4 Å². The number of thiazole rings is 1. The molecule has 2 heterocycles. The molecule has 0 fully saturated rings. The SMILES string of the molecule is FC1Cc2[nH]c(Sc3ncc([SH2+])s3)nc2C[C@@H]1Cl. The van der Waals surface area contributed by atoms with E-state index in [9.17, 15) is 4.39 Å². The minimum atomic E-state index is -0.994. The summed E-state index contributed by atoms with van der Waals surface area (Å²) in [5.74, 6) is 0. The topological polar surface area (TPSA) is 41.6 Å². The van der Waals surface area contributed by atoms with E-state index < -0.39 is 11.5 Å². The molecule has 0 amide bonds. The van der Waals surface area contributed by atoms with E-state index in [-0.39, 0.29) is 0 Å². The van der Waals surface area contributed by atoms with Gasteiger partial charge in [-0.05, 0) is 11.8 Å². The summed E-state index contributed by atoms with van der Waals surface area (Å²) in [6.45, 7) is 0. The Balaban J connectivity index is 1.81. The van der Waals surface area contributed by atoms with E-state index >= 15 is 0 Å². The molecule has 8 heteroatoms. The number of rotatable bonds is 2. The van der Waals surface area contributed by atoms with Crippen LogP contribution in [0.2, 0.25) is 0 Å². The molecule has 1 N–H and O–H groups in total. The van der Waals surface area contributed by atoms with E-state index in [1.807, 2.05) is 0 Å². The van der Waals surface area contributed by atoms with Crippen molar-refractivity contribution in [2.24, 2.45) is 0 Å². The van der Waals surface area contributed by atoms with E-state index in [4.69, 9.17) is 11.6 Å². The largest absolute Gasteiger partial charge is 0.336 e. The average Bonchev–Trinajstić information content (AvgIpc) is 2.86. The summed E-state index contributed by atoms with van der Waals surface area (Å²) in [4.78, 5) is 11.8. The van der Waals surface area contributed by atoms with Crippen molar-refractivity contribution in [3.63, 3.8) is 0 Å². The van der Waals surface area contributed by atoms with Crippen molar-refractivity contribution in [3.8, 4) is 0 Å². The monoisotopic (exact) mass is 322 g/mol. The standard InChI is InChI=1S/C10H9ClFN3S3/c11-4-1-6-7(2-5(4)12)15-9(14-6)18-10-13-3-8(16)17-10/h3-5,16H,1-2H2,(H,14,15)/p+1/t4-,5?/m0/s1. The third kappa shape index (κ3) is 2.54. The molecule has 0 saturated heterocycles. The fourth-order valence-corrected chi connectivity index (χ4v) is 4.31. The molecule has 1 unspecified atom stereocenters. The maximum Gasteiger partial charge on any atom is 0.225 e. The molecule has 2 aromatic rings. The average molecular weight is 323 g/mol. The molecule has 0 saturated carbocycles. The summed E-state index contributed by atoms with van der Waals surface area (Å²) in [7, 11) is 0. The maximum atomic E-state index is 13.5. The zero-order valence-electron chi connectivity index (χ0n) is 9.11. The molecular formula is C10H10ClFN3S3+. The molecule has 0 bridgehead atoms. The zero-order valence-corrected chi connectivity index (χ0v) is 12.5. The van der Waals surface area contributed by atoms with Crippen LogP contribution >= 0.6 is 34.7 Å². The number of aromatic amines is 1. The van der Waals surface area contributed by atoms with Crippen molar-refractivity contribution in [2.75, 3.05) is 0 Å². The lowest BCUT2D eigenvalue weighted by Gasteiger charge is -2.19. The van der Waals surface area contributed by atoms with Crippen molar-refractivity contribution < 1.29 is 4.39 Å². The predicted molar refractivity (Wildman–Crippen MR) is 75.2 cm³/mol. The Labute approximate surface area is 122 Å². The van der Waals surface area contributed by atoms with Crippen molar-refractivity contribution >= 4 is 47.3 Å². The summed E-state index contributed by atoms with van der Waals surface area (Å²) in [6.07, 6.45) is 1.56. The lowest BCUT2D eigenvalue weighted by atomic mass is 9.99. The molecule has 0 spiro atoms. The normalized spacial score (nSPS) is 23.1. The van der Waals surface area contributed by atoms with Gasteiger partial charge in [-0.2, -0.15) is 0 Å². The van der Waals surface area contributed by atoms with Gasteiger partial charge < -0.3 is 4.98 Å². The Morgan fingerprint density at radius 2 is 2.39 bits per heavy atom. The van der Waals surface area contributed by atoms with Gasteiger partial charge in [0.15, 0.2) is 9.50 Å². The van der Waals surface area contributed by atoms with Gasteiger partial charge in [0.05, 0.1) is 17.3 Å². The van der Waals surface area contributed by atoms with Gasteiger partial charge in [0, 0.05) is 31.2 Å². The minimum absolute atomic E-state index is 0.318. The highest BCUT2D eigenvalue weighted by molar-refractivity contribution is 8.01. The number of H-pyrrole nitrogens is 1. The number of imidazole rings is 1. The smallest absolute Gasteiger partial charge is 0.225 e. The molecule has 1 aliphatic carbocycles. The lowest BCUT2D eigenvalue weighted by molar-refractivity contribution is 0.303. The molecule has 2 atom stereocenters. The molecule has 1 aliphatic rings. The van der Waals surface area contributed by atoms with Gasteiger partial charge in [-0.3, -0.25) is 0 Å². The van der Waals surface area contributed by atoms with Gasteiger partial charge in [-0.1, -0.05) is 11.3 Å².